The van der Waals surface area contributed by atoms with Crippen molar-refractivity contribution in [2.24, 2.45) is 0 Å². The Morgan fingerprint density at radius 1 is 1.53 bits per heavy atom. The van der Waals surface area contributed by atoms with Crippen molar-refractivity contribution >= 4 is 23.5 Å². The van der Waals surface area contributed by atoms with Gasteiger partial charge < -0.3 is 5.11 Å². The lowest BCUT2D eigenvalue weighted by atomic mass is 10.6. The molecule has 0 saturated carbocycles. The molecule has 2 heterocycles. The number of carbonyl (C=O) groups is 1. The molecule has 1 N–H and O–H groups in total. The minimum absolute atomic E-state index is 0.0647. The summed E-state index contributed by atoms with van der Waals surface area (Å²) in [6, 6.07) is 1.78. The Morgan fingerprint density at radius 2 is 2.40 bits per heavy atom. The summed E-state index contributed by atoms with van der Waals surface area (Å²) in [5.41, 5.74) is 0. The molecule has 0 atom stereocenters. The Morgan fingerprint density at radius 3 is 3.20 bits per heavy atom. The molecular formula is C8H8N4O2S. The van der Waals surface area contributed by atoms with Crippen LogP contribution >= 0.6 is 11.8 Å². The summed E-state index contributed by atoms with van der Waals surface area (Å²) in [5.74, 6) is 0.994. The molecule has 6 nitrogen and oxygen atoms in total. The van der Waals surface area contributed by atoms with E-state index in [0.717, 1.165) is 0 Å². The van der Waals surface area contributed by atoms with Crippen LogP contribution in [-0.2, 0) is 10.5 Å². The number of carboxylic acid groups (broad SMARTS) is 1. The van der Waals surface area contributed by atoms with E-state index in [1.165, 1.54) is 11.8 Å². The molecule has 7 heteroatoms. The van der Waals surface area contributed by atoms with Crippen LogP contribution < -0.4 is 0 Å². The van der Waals surface area contributed by atoms with Gasteiger partial charge in [-0.05, 0) is 6.07 Å². The first-order valence-electron chi connectivity index (χ1n) is 4.21. The lowest BCUT2D eigenvalue weighted by molar-refractivity contribution is -0.133. The third-order valence-corrected chi connectivity index (χ3v) is 2.63. The normalized spacial score (nSPS) is 10.7. The number of carboxylic acids is 1. The number of rotatable bonds is 4. The molecule has 0 aliphatic rings. The van der Waals surface area contributed by atoms with Gasteiger partial charge in [-0.25, -0.2) is 4.98 Å². The van der Waals surface area contributed by atoms with Gasteiger partial charge in [-0.3, -0.25) is 9.20 Å². The summed E-state index contributed by atoms with van der Waals surface area (Å²) in [5, 5.41) is 16.3. The number of thioether (sulfide) groups is 1. The van der Waals surface area contributed by atoms with E-state index < -0.39 is 5.97 Å². The average Bonchev–Trinajstić information content (AvgIpc) is 2.62. The second-order valence-electron chi connectivity index (χ2n) is 2.79. The number of nitrogens with zero attached hydrogens (tertiary/aromatic N) is 4. The van der Waals surface area contributed by atoms with Crippen LogP contribution in [0.15, 0.2) is 18.5 Å². The number of aliphatic carboxylic acids is 1. The van der Waals surface area contributed by atoms with E-state index in [-0.39, 0.29) is 5.75 Å². The Kier molecular flexibility index (Phi) is 2.82. The SMILES string of the molecule is O=C(O)CSCc1nnc2ncccn12. The first-order chi connectivity index (χ1) is 7.27. The van der Waals surface area contributed by atoms with Crippen molar-refractivity contribution in [2.75, 3.05) is 5.75 Å². The molecular weight excluding hydrogens is 216 g/mol. The minimum Gasteiger partial charge on any atom is -0.481 e. The minimum atomic E-state index is -0.827. The maximum atomic E-state index is 10.3. The van der Waals surface area contributed by atoms with Gasteiger partial charge in [-0.1, -0.05) is 0 Å². The van der Waals surface area contributed by atoms with E-state index in [1.807, 2.05) is 0 Å². The summed E-state index contributed by atoms with van der Waals surface area (Å²) < 4.78 is 1.74. The summed E-state index contributed by atoms with van der Waals surface area (Å²) in [7, 11) is 0. The highest BCUT2D eigenvalue weighted by atomic mass is 32.2. The van der Waals surface area contributed by atoms with Gasteiger partial charge in [-0.15, -0.1) is 22.0 Å². The lowest BCUT2D eigenvalue weighted by Gasteiger charge is -1.96. The molecule has 0 radical (unpaired) electrons. The topological polar surface area (TPSA) is 80.4 Å². The predicted octanol–water partition coefficient (Wildman–Crippen LogP) is 0.442. The maximum absolute atomic E-state index is 10.3. The van der Waals surface area contributed by atoms with E-state index in [1.54, 1.807) is 22.9 Å². The van der Waals surface area contributed by atoms with Gasteiger partial charge in [-0.2, -0.15) is 0 Å². The molecule has 0 unspecified atom stereocenters. The third kappa shape index (κ3) is 2.24. The van der Waals surface area contributed by atoms with Crippen LogP contribution in [-0.4, -0.2) is 36.4 Å². The quantitative estimate of drug-likeness (QED) is 0.811. The van der Waals surface area contributed by atoms with Crippen LogP contribution in [0.4, 0.5) is 0 Å². The smallest absolute Gasteiger partial charge is 0.313 e. The van der Waals surface area contributed by atoms with Crippen LogP contribution in [0.25, 0.3) is 5.78 Å². The summed E-state index contributed by atoms with van der Waals surface area (Å²) >= 11 is 1.28. The number of hydrogen-bond donors (Lipinski definition) is 1. The molecule has 2 rings (SSSR count). The molecule has 0 fully saturated rings. The Balaban J connectivity index is 2.11. The Labute approximate surface area is 89.4 Å². The van der Waals surface area contributed by atoms with Gasteiger partial charge in [0.2, 0.25) is 0 Å². The van der Waals surface area contributed by atoms with Crippen LogP contribution in [0.2, 0.25) is 0 Å². The van der Waals surface area contributed by atoms with Gasteiger partial charge >= 0.3 is 5.97 Å². The summed E-state index contributed by atoms with van der Waals surface area (Å²) in [6.45, 7) is 0. The highest BCUT2D eigenvalue weighted by Crippen LogP contribution is 2.10. The fourth-order valence-electron chi connectivity index (χ4n) is 1.12. The molecule has 15 heavy (non-hydrogen) atoms. The van der Waals surface area contributed by atoms with E-state index in [0.29, 0.717) is 17.4 Å². The molecule has 2 aromatic heterocycles. The largest absolute Gasteiger partial charge is 0.481 e. The number of hydrogen-bond acceptors (Lipinski definition) is 5. The average molecular weight is 224 g/mol. The number of aromatic nitrogens is 4. The second kappa shape index (κ2) is 4.26. The zero-order valence-electron chi connectivity index (χ0n) is 7.70. The van der Waals surface area contributed by atoms with E-state index in [4.69, 9.17) is 5.11 Å². The van der Waals surface area contributed by atoms with Crippen molar-refractivity contribution in [2.45, 2.75) is 5.75 Å². The van der Waals surface area contributed by atoms with Crippen molar-refractivity contribution in [3.05, 3.63) is 24.3 Å². The van der Waals surface area contributed by atoms with Crippen molar-refractivity contribution in [3.8, 4) is 0 Å². The van der Waals surface area contributed by atoms with Crippen molar-refractivity contribution in [1.29, 1.82) is 0 Å². The molecule has 0 aliphatic heterocycles. The van der Waals surface area contributed by atoms with Gasteiger partial charge in [0.15, 0.2) is 0 Å². The summed E-state index contributed by atoms with van der Waals surface area (Å²) in [4.78, 5) is 14.3. The molecule has 0 aromatic carbocycles. The monoisotopic (exact) mass is 224 g/mol. The highest BCUT2D eigenvalue weighted by molar-refractivity contribution is 7.99. The van der Waals surface area contributed by atoms with Gasteiger partial charge in [0.1, 0.15) is 5.82 Å². The standard InChI is InChI=1S/C8H8N4O2S/c13-7(14)5-15-4-6-10-11-8-9-2-1-3-12(6)8/h1-3H,4-5H2,(H,13,14). The summed E-state index contributed by atoms with van der Waals surface area (Å²) in [6.07, 6.45) is 3.44. The van der Waals surface area contributed by atoms with Crippen molar-refractivity contribution < 1.29 is 9.90 Å². The first-order valence-corrected chi connectivity index (χ1v) is 5.37. The van der Waals surface area contributed by atoms with E-state index >= 15 is 0 Å². The second-order valence-corrected chi connectivity index (χ2v) is 3.78. The molecule has 0 spiro atoms. The van der Waals surface area contributed by atoms with Crippen LogP contribution in [0.5, 0.6) is 0 Å². The lowest BCUT2D eigenvalue weighted by Crippen LogP contribution is -2.00. The highest BCUT2D eigenvalue weighted by Gasteiger charge is 2.06. The van der Waals surface area contributed by atoms with Crippen molar-refractivity contribution in [3.63, 3.8) is 0 Å². The Bertz CT molecular complexity index is 484. The zero-order chi connectivity index (χ0) is 10.7. The molecule has 78 valence electrons. The fourth-order valence-corrected chi connectivity index (χ4v) is 1.77. The van der Waals surface area contributed by atoms with Crippen LogP contribution in [0.3, 0.4) is 0 Å². The predicted molar refractivity (Wildman–Crippen MR) is 54.6 cm³/mol. The molecule has 0 bridgehead atoms. The van der Waals surface area contributed by atoms with Gasteiger partial charge in [0, 0.05) is 12.4 Å². The van der Waals surface area contributed by atoms with E-state index in [9.17, 15) is 4.79 Å². The van der Waals surface area contributed by atoms with E-state index in [2.05, 4.69) is 15.2 Å². The van der Waals surface area contributed by atoms with Gasteiger partial charge in [0.05, 0.1) is 11.5 Å². The maximum Gasteiger partial charge on any atom is 0.313 e. The van der Waals surface area contributed by atoms with Crippen LogP contribution in [0.1, 0.15) is 5.82 Å². The third-order valence-electron chi connectivity index (χ3n) is 1.72. The number of fused-ring (bicyclic) bond motifs is 1. The molecule has 2 aromatic rings. The zero-order valence-corrected chi connectivity index (χ0v) is 8.52. The fraction of sp³-hybridized carbons (Fsp3) is 0.250. The Hall–Kier alpha value is -1.63. The molecule has 0 amide bonds. The van der Waals surface area contributed by atoms with Gasteiger partial charge in [0.25, 0.3) is 5.78 Å². The molecule has 0 saturated heterocycles. The van der Waals surface area contributed by atoms with Crippen molar-refractivity contribution in [1.82, 2.24) is 19.6 Å². The first kappa shape index (κ1) is 9.91. The van der Waals surface area contributed by atoms with Crippen LogP contribution in [0, 0.1) is 0 Å². The molecule has 0 aliphatic carbocycles.